The standard InChI is InChI=1S/C15H22FN3O2/c1-11-10-13(16)5-4-12(11)6-8-18-15(17-2)19-9-7-14(20)21-3/h4-5,10H,6-9H2,1-3H3,(H2,17,18,19). The molecule has 6 heteroatoms. The Morgan fingerprint density at radius 1 is 1.33 bits per heavy atom. The van der Waals surface area contributed by atoms with E-state index >= 15 is 0 Å². The summed E-state index contributed by atoms with van der Waals surface area (Å²) in [5.41, 5.74) is 2.03. The Labute approximate surface area is 124 Å². The Morgan fingerprint density at radius 3 is 2.67 bits per heavy atom. The van der Waals surface area contributed by atoms with Crippen molar-refractivity contribution in [1.29, 1.82) is 0 Å². The van der Waals surface area contributed by atoms with Crippen molar-refractivity contribution in [2.45, 2.75) is 19.8 Å². The molecule has 116 valence electrons. The number of esters is 1. The summed E-state index contributed by atoms with van der Waals surface area (Å²) in [6.45, 7) is 3.02. The molecule has 5 nitrogen and oxygen atoms in total. The van der Waals surface area contributed by atoms with E-state index < -0.39 is 0 Å². The lowest BCUT2D eigenvalue weighted by Gasteiger charge is -2.12. The molecule has 1 rings (SSSR count). The molecule has 0 saturated heterocycles. The van der Waals surface area contributed by atoms with Crippen molar-refractivity contribution in [1.82, 2.24) is 10.6 Å². The molecule has 0 aromatic heterocycles. The van der Waals surface area contributed by atoms with Crippen LogP contribution in [0.5, 0.6) is 0 Å². The first kappa shape index (κ1) is 16.9. The summed E-state index contributed by atoms with van der Waals surface area (Å²) in [6.07, 6.45) is 1.05. The first-order valence-corrected chi connectivity index (χ1v) is 6.83. The van der Waals surface area contributed by atoms with E-state index in [1.54, 1.807) is 13.1 Å². The summed E-state index contributed by atoms with van der Waals surface area (Å²) in [7, 11) is 3.02. The lowest BCUT2D eigenvalue weighted by atomic mass is 10.1. The number of nitrogens with one attached hydrogen (secondary N) is 2. The quantitative estimate of drug-likeness (QED) is 0.473. The highest BCUT2D eigenvalue weighted by molar-refractivity contribution is 5.80. The highest BCUT2D eigenvalue weighted by atomic mass is 19.1. The molecule has 0 radical (unpaired) electrons. The number of aliphatic imine (C=N–C) groups is 1. The minimum absolute atomic E-state index is 0.218. The summed E-state index contributed by atoms with van der Waals surface area (Å²) < 4.78 is 17.6. The predicted molar refractivity (Wildman–Crippen MR) is 80.8 cm³/mol. The first-order valence-electron chi connectivity index (χ1n) is 6.83. The molecule has 0 unspecified atom stereocenters. The summed E-state index contributed by atoms with van der Waals surface area (Å²) in [4.78, 5) is 15.1. The molecule has 0 aliphatic rings. The van der Waals surface area contributed by atoms with Crippen molar-refractivity contribution in [3.8, 4) is 0 Å². The van der Waals surface area contributed by atoms with Gasteiger partial charge in [0.2, 0.25) is 0 Å². The average molecular weight is 295 g/mol. The zero-order valence-corrected chi connectivity index (χ0v) is 12.7. The van der Waals surface area contributed by atoms with Crippen molar-refractivity contribution in [2.75, 3.05) is 27.2 Å². The van der Waals surface area contributed by atoms with Crippen molar-refractivity contribution in [2.24, 2.45) is 4.99 Å². The van der Waals surface area contributed by atoms with Crippen molar-refractivity contribution in [3.05, 3.63) is 35.1 Å². The number of hydrogen-bond donors (Lipinski definition) is 2. The Balaban J connectivity index is 2.33. The second-order valence-corrected chi connectivity index (χ2v) is 4.57. The van der Waals surface area contributed by atoms with E-state index in [0.717, 1.165) is 17.5 Å². The Morgan fingerprint density at radius 2 is 2.05 bits per heavy atom. The molecule has 0 aliphatic heterocycles. The van der Waals surface area contributed by atoms with E-state index in [1.165, 1.54) is 19.2 Å². The van der Waals surface area contributed by atoms with Gasteiger partial charge in [0.1, 0.15) is 5.82 Å². The van der Waals surface area contributed by atoms with Gasteiger partial charge in [-0.3, -0.25) is 9.79 Å². The van der Waals surface area contributed by atoms with Gasteiger partial charge in [0.15, 0.2) is 5.96 Å². The summed E-state index contributed by atoms with van der Waals surface area (Å²) in [5, 5.41) is 6.17. The normalized spacial score (nSPS) is 11.1. The van der Waals surface area contributed by atoms with E-state index in [2.05, 4.69) is 20.4 Å². The SMILES string of the molecule is CN=C(NCCC(=O)OC)NCCc1ccc(F)cc1C. The lowest BCUT2D eigenvalue weighted by Crippen LogP contribution is -2.39. The van der Waals surface area contributed by atoms with Crippen molar-refractivity contribution < 1.29 is 13.9 Å². The highest BCUT2D eigenvalue weighted by Gasteiger charge is 2.03. The van der Waals surface area contributed by atoms with Crippen LogP contribution in [0.15, 0.2) is 23.2 Å². The monoisotopic (exact) mass is 295 g/mol. The zero-order valence-electron chi connectivity index (χ0n) is 12.7. The van der Waals surface area contributed by atoms with Crippen LogP contribution in [0.2, 0.25) is 0 Å². The van der Waals surface area contributed by atoms with E-state index in [4.69, 9.17) is 0 Å². The average Bonchev–Trinajstić information content (AvgIpc) is 2.47. The molecule has 0 bridgehead atoms. The molecule has 0 heterocycles. The van der Waals surface area contributed by atoms with Crippen LogP contribution in [0.4, 0.5) is 4.39 Å². The van der Waals surface area contributed by atoms with Crippen LogP contribution < -0.4 is 10.6 Å². The second kappa shape index (κ2) is 8.94. The van der Waals surface area contributed by atoms with Crippen LogP contribution in [-0.4, -0.2) is 39.2 Å². The Hall–Kier alpha value is -2.11. The summed E-state index contributed by atoms with van der Waals surface area (Å²) in [5.74, 6) is 0.142. The summed E-state index contributed by atoms with van der Waals surface area (Å²) >= 11 is 0. The fourth-order valence-electron chi connectivity index (χ4n) is 1.86. The number of methoxy groups -OCH3 is 1. The first-order chi connectivity index (χ1) is 10.1. The topological polar surface area (TPSA) is 62.7 Å². The number of ether oxygens (including phenoxy) is 1. The van der Waals surface area contributed by atoms with Crippen LogP contribution >= 0.6 is 0 Å². The minimum atomic E-state index is -0.264. The van der Waals surface area contributed by atoms with Crippen LogP contribution in [0.25, 0.3) is 0 Å². The third-order valence-corrected chi connectivity index (χ3v) is 3.06. The molecule has 2 N–H and O–H groups in total. The minimum Gasteiger partial charge on any atom is -0.469 e. The van der Waals surface area contributed by atoms with Gasteiger partial charge in [0.25, 0.3) is 0 Å². The number of benzene rings is 1. The van der Waals surface area contributed by atoms with Crippen molar-refractivity contribution in [3.63, 3.8) is 0 Å². The molecule has 1 aromatic carbocycles. The van der Waals surface area contributed by atoms with Gasteiger partial charge in [-0.25, -0.2) is 4.39 Å². The number of carbonyl (C=O) groups is 1. The maximum absolute atomic E-state index is 13.0. The molecule has 0 spiro atoms. The van der Waals surface area contributed by atoms with Gasteiger partial charge in [-0.1, -0.05) is 6.07 Å². The van der Waals surface area contributed by atoms with Crippen LogP contribution in [0.3, 0.4) is 0 Å². The van der Waals surface area contributed by atoms with Gasteiger partial charge in [0.05, 0.1) is 13.5 Å². The van der Waals surface area contributed by atoms with E-state index in [-0.39, 0.29) is 18.2 Å². The van der Waals surface area contributed by atoms with Gasteiger partial charge in [-0.05, 0) is 36.6 Å². The number of hydrogen-bond acceptors (Lipinski definition) is 3. The van der Waals surface area contributed by atoms with E-state index in [0.29, 0.717) is 19.0 Å². The number of aryl methyl sites for hydroxylation is 1. The zero-order chi connectivity index (χ0) is 15.7. The van der Waals surface area contributed by atoms with Gasteiger partial charge < -0.3 is 15.4 Å². The van der Waals surface area contributed by atoms with Crippen molar-refractivity contribution >= 4 is 11.9 Å². The molecule has 0 saturated carbocycles. The maximum Gasteiger partial charge on any atom is 0.307 e. The Kier molecular flexibility index (Phi) is 7.21. The molecular formula is C15H22FN3O2. The van der Waals surface area contributed by atoms with Crippen LogP contribution in [0, 0.1) is 12.7 Å². The fourth-order valence-corrected chi connectivity index (χ4v) is 1.86. The van der Waals surface area contributed by atoms with Gasteiger partial charge in [-0.15, -0.1) is 0 Å². The van der Waals surface area contributed by atoms with E-state index in [1.807, 2.05) is 6.92 Å². The molecular weight excluding hydrogens is 273 g/mol. The molecule has 1 aromatic rings. The van der Waals surface area contributed by atoms with E-state index in [9.17, 15) is 9.18 Å². The van der Waals surface area contributed by atoms with Gasteiger partial charge in [0, 0.05) is 20.1 Å². The summed E-state index contributed by atoms with van der Waals surface area (Å²) in [6, 6.07) is 4.78. The maximum atomic E-state index is 13.0. The number of carbonyl (C=O) groups excluding carboxylic acids is 1. The molecule has 0 fully saturated rings. The molecule has 0 amide bonds. The van der Waals surface area contributed by atoms with Gasteiger partial charge >= 0.3 is 5.97 Å². The largest absolute Gasteiger partial charge is 0.469 e. The third kappa shape index (κ3) is 6.25. The highest BCUT2D eigenvalue weighted by Crippen LogP contribution is 2.10. The lowest BCUT2D eigenvalue weighted by molar-refractivity contribution is -0.140. The van der Waals surface area contributed by atoms with Crippen LogP contribution in [-0.2, 0) is 16.0 Å². The number of rotatable bonds is 6. The smallest absolute Gasteiger partial charge is 0.307 e. The number of nitrogens with zero attached hydrogens (tertiary/aromatic N) is 1. The second-order valence-electron chi connectivity index (χ2n) is 4.57. The number of guanidine groups is 1. The van der Waals surface area contributed by atoms with Crippen LogP contribution in [0.1, 0.15) is 17.5 Å². The number of halogens is 1. The molecule has 0 atom stereocenters. The predicted octanol–water partition coefficient (Wildman–Crippen LogP) is 1.40. The molecule has 0 aliphatic carbocycles. The molecule has 21 heavy (non-hydrogen) atoms. The fraction of sp³-hybridized carbons (Fsp3) is 0.467. The Bertz CT molecular complexity index is 504. The van der Waals surface area contributed by atoms with Gasteiger partial charge in [-0.2, -0.15) is 0 Å². The third-order valence-electron chi connectivity index (χ3n) is 3.06.